The highest BCUT2D eigenvalue weighted by Crippen LogP contribution is 2.40. The van der Waals surface area contributed by atoms with Crippen molar-refractivity contribution >= 4 is 7.82 Å². The molecule has 0 saturated heterocycles. The van der Waals surface area contributed by atoms with E-state index in [1.54, 1.807) is 0 Å². The van der Waals surface area contributed by atoms with Crippen LogP contribution in [-0.4, -0.2) is 44.9 Å². The first-order valence-corrected chi connectivity index (χ1v) is 12.1. The third-order valence-corrected chi connectivity index (χ3v) is 5.65. The minimum atomic E-state index is -4.18. The molecule has 0 amide bonds. The van der Waals surface area contributed by atoms with Gasteiger partial charge in [-0.1, -0.05) is 77.6 Å². The fraction of sp³-hybridized carbons (Fsp3) is 1.00. The minimum Gasteiger partial charge on any atom is -0.756 e. The SMILES string of the molecule is CCCCCCCCCCCCCC(C)OP(=O)([O-])OCC[N+](C)(C)C. The van der Waals surface area contributed by atoms with E-state index in [4.69, 9.17) is 9.05 Å². The highest BCUT2D eigenvalue weighted by molar-refractivity contribution is 7.45. The van der Waals surface area contributed by atoms with Crippen LogP contribution in [-0.2, 0) is 13.6 Å². The first-order chi connectivity index (χ1) is 12.2. The zero-order valence-corrected chi connectivity index (χ0v) is 18.9. The highest BCUT2D eigenvalue weighted by atomic mass is 31.2. The molecule has 0 spiro atoms. The van der Waals surface area contributed by atoms with E-state index in [0.29, 0.717) is 11.0 Å². The topological polar surface area (TPSA) is 58.6 Å². The summed E-state index contributed by atoms with van der Waals surface area (Å²) in [6.07, 6.45) is 14.6. The molecule has 0 radical (unpaired) electrons. The summed E-state index contributed by atoms with van der Waals surface area (Å²) in [5.74, 6) is 0. The second-order valence-electron chi connectivity index (χ2n) is 8.53. The Morgan fingerprint density at radius 2 is 1.35 bits per heavy atom. The van der Waals surface area contributed by atoms with Crippen molar-refractivity contribution < 1.29 is 23.0 Å². The Bertz CT molecular complexity index is 371. The Hall–Kier alpha value is 0.0700. The average Bonchev–Trinajstić information content (AvgIpc) is 2.50. The number of unbranched alkanes of at least 4 members (excludes halogenated alkanes) is 10. The number of likely N-dealkylation sites (N-methyl/N-ethyl adjacent to an activating group) is 1. The summed E-state index contributed by atoms with van der Waals surface area (Å²) in [5, 5.41) is 0. The summed E-state index contributed by atoms with van der Waals surface area (Å²) in [5.41, 5.74) is 0. The average molecular weight is 394 g/mol. The Labute approximate surface area is 162 Å². The largest absolute Gasteiger partial charge is 0.756 e. The van der Waals surface area contributed by atoms with Crippen molar-refractivity contribution in [2.24, 2.45) is 0 Å². The smallest absolute Gasteiger partial charge is 0.268 e. The molecule has 0 fully saturated rings. The van der Waals surface area contributed by atoms with Gasteiger partial charge in [0, 0.05) is 0 Å². The van der Waals surface area contributed by atoms with Crippen LogP contribution in [0.15, 0.2) is 0 Å². The van der Waals surface area contributed by atoms with Gasteiger partial charge in [0.05, 0.1) is 27.2 Å². The van der Waals surface area contributed by atoms with Crippen LogP contribution >= 0.6 is 7.82 Å². The normalized spacial score (nSPS) is 15.8. The van der Waals surface area contributed by atoms with Crippen LogP contribution in [0.2, 0.25) is 0 Å². The zero-order valence-electron chi connectivity index (χ0n) is 18.0. The van der Waals surface area contributed by atoms with Gasteiger partial charge >= 0.3 is 0 Å². The molecule has 0 aromatic carbocycles. The molecule has 0 bridgehead atoms. The summed E-state index contributed by atoms with van der Waals surface area (Å²) in [6, 6.07) is 0. The van der Waals surface area contributed by atoms with Crippen molar-refractivity contribution in [3.05, 3.63) is 0 Å². The summed E-state index contributed by atoms with van der Waals surface area (Å²) in [6.45, 7) is 4.85. The minimum absolute atomic E-state index is 0.162. The number of rotatable bonds is 18. The van der Waals surface area contributed by atoms with Crippen molar-refractivity contribution in [1.82, 2.24) is 0 Å². The van der Waals surface area contributed by atoms with E-state index in [9.17, 15) is 9.46 Å². The summed E-state index contributed by atoms with van der Waals surface area (Å²) in [7, 11) is 1.81. The molecule has 0 aliphatic heterocycles. The van der Waals surface area contributed by atoms with Gasteiger partial charge in [0.1, 0.15) is 13.2 Å². The first-order valence-electron chi connectivity index (χ1n) is 10.6. The first kappa shape index (κ1) is 26.1. The van der Waals surface area contributed by atoms with Crippen molar-refractivity contribution in [2.75, 3.05) is 34.3 Å². The van der Waals surface area contributed by atoms with Crippen molar-refractivity contribution in [3.8, 4) is 0 Å². The molecule has 2 atom stereocenters. The third-order valence-electron chi connectivity index (χ3n) is 4.53. The number of phosphoric ester groups is 1. The van der Waals surface area contributed by atoms with E-state index < -0.39 is 7.82 Å². The molecule has 26 heavy (non-hydrogen) atoms. The van der Waals surface area contributed by atoms with Gasteiger partial charge < -0.3 is 18.4 Å². The quantitative estimate of drug-likeness (QED) is 0.180. The maximum atomic E-state index is 11.8. The molecule has 6 heteroatoms. The van der Waals surface area contributed by atoms with E-state index in [1.165, 1.54) is 57.8 Å². The molecule has 0 heterocycles. The van der Waals surface area contributed by atoms with E-state index in [-0.39, 0.29) is 12.7 Å². The lowest BCUT2D eigenvalue weighted by atomic mass is 10.0. The van der Waals surface area contributed by atoms with Crippen LogP contribution in [0, 0.1) is 0 Å². The van der Waals surface area contributed by atoms with Gasteiger partial charge in [-0.25, -0.2) is 0 Å². The van der Waals surface area contributed by atoms with Gasteiger partial charge in [-0.3, -0.25) is 4.57 Å². The third kappa shape index (κ3) is 18.8. The Morgan fingerprint density at radius 3 is 1.81 bits per heavy atom. The second kappa shape index (κ2) is 15.0. The lowest BCUT2D eigenvalue weighted by Gasteiger charge is -2.29. The standard InChI is InChI=1S/C20H44NO4P/c1-6-7-8-9-10-11-12-13-14-15-16-17-20(2)25-26(22,23)24-19-18-21(3,4)5/h20H,6-19H2,1-5H3. The number of hydrogen-bond donors (Lipinski definition) is 0. The van der Waals surface area contributed by atoms with Gasteiger partial charge in [-0.15, -0.1) is 0 Å². The van der Waals surface area contributed by atoms with Crippen LogP contribution in [0.5, 0.6) is 0 Å². The van der Waals surface area contributed by atoms with E-state index >= 15 is 0 Å². The number of quaternary nitrogens is 1. The predicted octanol–water partition coefficient (Wildman–Crippen LogP) is 5.28. The monoisotopic (exact) mass is 393 g/mol. The molecule has 0 aliphatic carbocycles. The molecule has 5 nitrogen and oxygen atoms in total. The molecule has 0 N–H and O–H groups in total. The molecule has 0 aromatic heterocycles. The van der Waals surface area contributed by atoms with Crippen molar-refractivity contribution in [3.63, 3.8) is 0 Å². The molecular formula is C20H44NO4P. The van der Waals surface area contributed by atoms with E-state index in [2.05, 4.69) is 6.92 Å². The van der Waals surface area contributed by atoms with Gasteiger partial charge in [0.25, 0.3) is 7.82 Å². The maximum absolute atomic E-state index is 11.8. The van der Waals surface area contributed by atoms with Crippen LogP contribution in [0.25, 0.3) is 0 Å². The number of hydrogen-bond acceptors (Lipinski definition) is 4. The zero-order chi connectivity index (χ0) is 19.9. The van der Waals surface area contributed by atoms with E-state index in [0.717, 1.165) is 19.3 Å². The molecule has 0 aromatic rings. The van der Waals surface area contributed by atoms with Crippen LogP contribution in [0.1, 0.15) is 90.9 Å². The van der Waals surface area contributed by atoms with E-state index in [1.807, 2.05) is 28.1 Å². The number of nitrogens with zero attached hydrogens (tertiary/aromatic N) is 1. The Kier molecular flexibility index (Phi) is 15.1. The van der Waals surface area contributed by atoms with Crippen LogP contribution in [0.3, 0.4) is 0 Å². The second-order valence-corrected chi connectivity index (χ2v) is 9.90. The lowest BCUT2D eigenvalue weighted by Crippen LogP contribution is -2.37. The Morgan fingerprint density at radius 1 is 0.885 bits per heavy atom. The molecule has 0 rings (SSSR count). The molecule has 158 valence electrons. The molecule has 0 aliphatic rings. The van der Waals surface area contributed by atoms with Gasteiger partial charge in [0.2, 0.25) is 0 Å². The summed E-state index contributed by atoms with van der Waals surface area (Å²) >= 11 is 0. The Balaban J connectivity index is 3.55. The highest BCUT2D eigenvalue weighted by Gasteiger charge is 2.16. The number of phosphoric acid groups is 1. The van der Waals surface area contributed by atoms with Crippen LogP contribution < -0.4 is 4.89 Å². The molecule has 0 saturated carbocycles. The van der Waals surface area contributed by atoms with Gasteiger partial charge in [-0.2, -0.15) is 0 Å². The molecule has 2 unspecified atom stereocenters. The van der Waals surface area contributed by atoms with Gasteiger partial charge in [-0.05, 0) is 13.3 Å². The summed E-state index contributed by atoms with van der Waals surface area (Å²) < 4.78 is 22.5. The lowest BCUT2D eigenvalue weighted by molar-refractivity contribution is -0.870. The fourth-order valence-corrected chi connectivity index (χ4v) is 3.74. The maximum Gasteiger partial charge on any atom is 0.268 e. The molecular weight excluding hydrogens is 349 g/mol. The van der Waals surface area contributed by atoms with Crippen molar-refractivity contribution in [1.29, 1.82) is 0 Å². The predicted molar refractivity (Wildman–Crippen MR) is 108 cm³/mol. The van der Waals surface area contributed by atoms with Crippen LogP contribution in [0.4, 0.5) is 0 Å². The van der Waals surface area contributed by atoms with Gasteiger partial charge in [0.15, 0.2) is 0 Å². The van der Waals surface area contributed by atoms with Crippen molar-refractivity contribution in [2.45, 2.75) is 97.0 Å². The fourth-order valence-electron chi connectivity index (χ4n) is 2.83. The summed E-state index contributed by atoms with van der Waals surface area (Å²) in [4.78, 5) is 11.8.